The molecule has 1 aromatic heterocycles. The van der Waals surface area contributed by atoms with Crippen LogP contribution in [0.4, 0.5) is 0 Å². The first-order valence-electron chi connectivity index (χ1n) is 6.83. The van der Waals surface area contributed by atoms with Crippen molar-refractivity contribution in [1.29, 1.82) is 0 Å². The van der Waals surface area contributed by atoms with Gasteiger partial charge in [-0.1, -0.05) is 57.1 Å². The number of carbonyl (C=O) groups is 1. The number of hydrogen-bond donors (Lipinski definition) is 0. The summed E-state index contributed by atoms with van der Waals surface area (Å²) in [5.74, 6) is -0.348. The lowest BCUT2D eigenvalue weighted by molar-refractivity contribution is 0.0998. The van der Waals surface area contributed by atoms with Gasteiger partial charge < -0.3 is 4.57 Å². The lowest BCUT2D eigenvalue weighted by Gasteiger charge is -2.01. The molecule has 0 atom stereocenters. The molecule has 1 amide bonds. The van der Waals surface area contributed by atoms with Crippen LogP contribution in [-0.2, 0) is 6.54 Å². The van der Waals surface area contributed by atoms with Gasteiger partial charge in [0, 0.05) is 11.0 Å². The van der Waals surface area contributed by atoms with Crippen LogP contribution in [0.3, 0.4) is 0 Å². The van der Waals surface area contributed by atoms with E-state index in [0.29, 0.717) is 21.9 Å². The molecule has 0 bridgehead atoms. The molecule has 0 aliphatic carbocycles. The molecule has 0 aliphatic heterocycles. The van der Waals surface area contributed by atoms with Crippen LogP contribution in [-0.4, -0.2) is 10.5 Å². The second-order valence-corrected chi connectivity index (χ2v) is 7.12. The Bertz CT molecular complexity index is 974. The predicted octanol–water partition coefficient (Wildman–Crippen LogP) is 5.05. The fourth-order valence-corrected chi connectivity index (χ4v) is 4.03. The number of benzene rings is 2. The molecule has 23 heavy (non-hydrogen) atoms. The zero-order valence-corrected chi connectivity index (χ0v) is 15.2. The molecule has 0 unspecified atom stereocenters. The number of rotatable bonds is 3. The van der Waals surface area contributed by atoms with Gasteiger partial charge in [0.25, 0.3) is 5.91 Å². The third-order valence-electron chi connectivity index (χ3n) is 3.26. The summed E-state index contributed by atoms with van der Waals surface area (Å²) < 4.78 is 4.00. The number of fused-ring (bicyclic) bond motifs is 1. The van der Waals surface area contributed by atoms with E-state index in [1.807, 2.05) is 22.8 Å². The van der Waals surface area contributed by atoms with E-state index in [2.05, 4.69) is 27.5 Å². The summed E-state index contributed by atoms with van der Waals surface area (Å²) >= 11 is 11.0. The van der Waals surface area contributed by atoms with Crippen molar-refractivity contribution in [3.8, 4) is 0 Å². The number of allylic oxidation sites excluding steroid dienone is 1. The smallest absolute Gasteiger partial charge is 0.281 e. The highest BCUT2D eigenvalue weighted by Gasteiger charge is 2.11. The standard InChI is InChI=1S/C17H12BrClN2OS/c1-2-9-21-14-8-7-11(18)10-15(14)23-17(21)20-16(22)12-5-3-4-6-13(12)19/h2-8,10H,1,9H2. The van der Waals surface area contributed by atoms with Crippen molar-refractivity contribution in [2.75, 3.05) is 0 Å². The minimum Gasteiger partial charge on any atom is -0.312 e. The number of aromatic nitrogens is 1. The van der Waals surface area contributed by atoms with Gasteiger partial charge >= 0.3 is 0 Å². The van der Waals surface area contributed by atoms with Crippen molar-refractivity contribution in [3.63, 3.8) is 0 Å². The maximum absolute atomic E-state index is 12.4. The molecule has 0 saturated carbocycles. The van der Waals surface area contributed by atoms with E-state index in [0.717, 1.165) is 14.7 Å². The van der Waals surface area contributed by atoms with E-state index < -0.39 is 0 Å². The zero-order valence-electron chi connectivity index (χ0n) is 12.0. The lowest BCUT2D eigenvalue weighted by Crippen LogP contribution is -2.16. The molecule has 0 radical (unpaired) electrons. The quantitative estimate of drug-likeness (QED) is 0.560. The summed E-state index contributed by atoms with van der Waals surface area (Å²) in [7, 11) is 0. The minimum absolute atomic E-state index is 0.348. The Kier molecular flexibility index (Phi) is 4.80. The van der Waals surface area contributed by atoms with Gasteiger partial charge in [-0.25, -0.2) is 0 Å². The SMILES string of the molecule is C=CCn1c(=NC(=O)c2ccccc2Cl)sc2cc(Br)ccc21. The zero-order chi connectivity index (χ0) is 16.4. The second kappa shape index (κ2) is 6.83. The summed E-state index contributed by atoms with van der Waals surface area (Å²) in [5.41, 5.74) is 1.42. The molecule has 0 saturated heterocycles. The van der Waals surface area contributed by atoms with Crippen molar-refractivity contribution in [3.05, 3.63) is 75.0 Å². The van der Waals surface area contributed by atoms with E-state index in [1.54, 1.807) is 30.3 Å². The van der Waals surface area contributed by atoms with Crippen molar-refractivity contribution in [2.45, 2.75) is 6.54 Å². The third kappa shape index (κ3) is 3.32. The first kappa shape index (κ1) is 16.2. The molecule has 0 fully saturated rings. The van der Waals surface area contributed by atoms with Crippen LogP contribution in [0.25, 0.3) is 10.2 Å². The van der Waals surface area contributed by atoms with Crippen LogP contribution >= 0.6 is 38.9 Å². The minimum atomic E-state index is -0.348. The molecular weight excluding hydrogens is 396 g/mol. The highest BCUT2D eigenvalue weighted by Crippen LogP contribution is 2.22. The summed E-state index contributed by atoms with van der Waals surface area (Å²) in [6.07, 6.45) is 1.78. The van der Waals surface area contributed by atoms with Gasteiger partial charge in [-0.2, -0.15) is 4.99 Å². The van der Waals surface area contributed by atoms with Crippen molar-refractivity contribution >= 4 is 55.0 Å². The monoisotopic (exact) mass is 406 g/mol. The number of halogens is 2. The largest absolute Gasteiger partial charge is 0.312 e. The topological polar surface area (TPSA) is 34.4 Å². The van der Waals surface area contributed by atoms with Crippen LogP contribution in [0, 0.1) is 0 Å². The van der Waals surface area contributed by atoms with Crippen LogP contribution in [0.15, 0.2) is 64.6 Å². The van der Waals surface area contributed by atoms with Crippen molar-refractivity contribution < 1.29 is 4.79 Å². The fraction of sp³-hybridized carbons (Fsp3) is 0.0588. The van der Waals surface area contributed by atoms with Gasteiger partial charge in [-0.05, 0) is 30.3 Å². The number of thiazole rings is 1. The van der Waals surface area contributed by atoms with Crippen LogP contribution in [0.5, 0.6) is 0 Å². The maximum atomic E-state index is 12.4. The molecule has 0 spiro atoms. The van der Waals surface area contributed by atoms with Gasteiger partial charge in [0.2, 0.25) is 0 Å². The van der Waals surface area contributed by atoms with Crippen molar-refractivity contribution in [1.82, 2.24) is 4.57 Å². The van der Waals surface area contributed by atoms with E-state index in [4.69, 9.17) is 11.6 Å². The fourth-order valence-electron chi connectivity index (χ4n) is 2.22. The van der Waals surface area contributed by atoms with Gasteiger partial charge in [0.15, 0.2) is 4.80 Å². The Morgan fingerprint density at radius 3 is 2.87 bits per heavy atom. The Morgan fingerprint density at radius 1 is 1.35 bits per heavy atom. The summed E-state index contributed by atoms with van der Waals surface area (Å²) in [5, 5.41) is 0.403. The summed E-state index contributed by atoms with van der Waals surface area (Å²) in [6, 6.07) is 12.9. The van der Waals surface area contributed by atoms with E-state index >= 15 is 0 Å². The Hall–Kier alpha value is -1.69. The van der Waals surface area contributed by atoms with Crippen LogP contribution in [0.1, 0.15) is 10.4 Å². The molecule has 1 heterocycles. The Labute approximate surface area is 150 Å². The van der Waals surface area contributed by atoms with E-state index in [1.165, 1.54) is 11.3 Å². The first-order valence-corrected chi connectivity index (χ1v) is 8.82. The third-order valence-corrected chi connectivity index (χ3v) is 5.12. The maximum Gasteiger partial charge on any atom is 0.281 e. The van der Waals surface area contributed by atoms with Gasteiger partial charge in [0.05, 0.1) is 20.8 Å². The average molecular weight is 408 g/mol. The molecule has 0 aliphatic rings. The highest BCUT2D eigenvalue weighted by atomic mass is 79.9. The summed E-state index contributed by atoms with van der Waals surface area (Å²) in [4.78, 5) is 17.3. The molecular formula is C17H12BrClN2OS. The van der Waals surface area contributed by atoms with E-state index in [9.17, 15) is 4.79 Å². The molecule has 2 aromatic carbocycles. The van der Waals surface area contributed by atoms with Crippen LogP contribution in [0.2, 0.25) is 5.02 Å². The molecule has 116 valence electrons. The van der Waals surface area contributed by atoms with E-state index in [-0.39, 0.29) is 5.91 Å². The average Bonchev–Trinajstić information content (AvgIpc) is 2.84. The van der Waals surface area contributed by atoms with Gasteiger partial charge in [-0.15, -0.1) is 6.58 Å². The normalized spacial score (nSPS) is 11.8. The second-order valence-electron chi connectivity index (χ2n) is 4.79. The van der Waals surface area contributed by atoms with Crippen LogP contribution < -0.4 is 4.80 Å². The molecule has 3 rings (SSSR count). The van der Waals surface area contributed by atoms with Gasteiger partial charge in [-0.3, -0.25) is 4.79 Å². The van der Waals surface area contributed by atoms with Gasteiger partial charge in [0.1, 0.15) is 0 Å². The molecule has 6 heteroatoms. The Balaban J connectivity index is 2.18. The molecule has 3 aromatic rings. The number of nitrogens with zero attached hydrogens (tertiary/aromatic N) is 2. The Morgan fingerprint density at radius 2 is 2.13 bits per heavy atom. The highest BCUT2D eigenvalue weighted by molar-refractivity contribution is 9.10. The number of carbonyl (C=O) groups excluding carboxylic acids is 1. The lowest BCUT2D eigenvalue weighted by atomic mass is 10.2. The molecule has 3 nitrogen and oxygen atoms in total. The number of hydrogen-bond acceptors (Lipinski definition) is 2. The number of amides is 1. The first-order chi connectivity index (χ1) is 11.1. The van der Waals surface area contributed by atoms with Crippen molar-refractivity contribution in [2.24, 2.45) is 4.99 Å². The summed E-state index contributed by atoms with van der Waals surface area (Å²) in [6.45, 7) is 4.36. The predicted molar refractivity (Wildman–Crippen MR) is 99.1 cm³/mol. The molecule has 0 N–H and O–H groups in total.